The van der Waals surface area contributed by atoms with Crippen molar-refractivity contribution in [3.63, 3.8) is 0 Å². The highest BCUT2D eigenvalue weighted by atomic mass is 15.0. The SMILES string of the molecule is [C-]#[N+]c1ccc2c3ccccc3n(-c3cccc(C#N)c3-c3cccc(-c4ccc(-n5c6ccccc6c6cc(C#N)ccc65)cc4)c3)c2c1. The van der Waals surface area contributed by atoms with Gasteiger partial charge in [0.25, 0.3) is 0 Å². The fourth-order valence-corrected chi connectivity index (χ4v) is 7.39. The highest BCUT2D eigenvalue weighted by molar-refractivity contribution is 6.11. The molecule has 9 rings (SSSR count). The molecule has 0 radical (unpaired) electrons. The van der Waals surface area contributed by atoms with E-state index in [4.69, 9.17) is 6.57 Å². The van der Waals surface area contributed by atoms with Crippen molar-refractivity contribution < 1.29 is 0 Å². The van der Waals surface area contributed by atoms with Gasteiger partial charge in [0.15, 0.2) is 5.69 Å². The Morgan fingerprint density at radius 3 is 1.92 bits per heavy atom. The van der Waals surface area contributed by atoms with E-state index in [0.717, 1.165) is 77.2 Å². The molecule has 0 fully saturated rings. The van der Waals surface area contributed by atoms with Gasteiger partial charge in [-0.25, -0.2) is 4.85 Å². The van der Waals surface area contributed by atoms with Crippen molar-refractivity contribution in [1.82, 2.24) is 9.13 Å². The van der Waals surface area contributed by atoms with Gasteiger partial charge in [0, 0.05) is 38.3 Å². The standard InChI is InChI=1S/C45H25N5/c1-48-34-19-22-38-36-11-2-5-14-41(36)50(44(38)26-34)43-15-7-10-33(28-47)45(43)32-9-6-8-31(25-32)30-17-20-35(21-18-30)49-40-13-4-3-12-37(40)39-24-29(27-46)16-23-42(39)49/h2-26H. The van der Waals surface area contributed by atoms with Crippen LogP contribution in [-0.2, 0) is 0 Å². The molecule has 9 aromatic rings. The molecule has 230 valence electrons. The van der Waals surface area contributed by atoms with Crippen molar-refractivity contribution in [2.24, 2.45) is 0 Å². The number of para-hydroxylation sites is 2. The molecule has 7 aromatic carbocycles. The van der Waals surface area contributed by atoms with Crippen LogP contribution in [0.2, 0.25) is 0 Å². The van der Waals surface area contributed by atoms with E-state index < -0.39 is 0 Å². The van der Waals surface area contributed by atoms with E-state index >= 15 is 0 Å². The Balaban J connectivity index is 1.19. The van der Waals surface area contributed by atoms with Crippen LogP contribution in [0.15, 0.2) is 152 Å². The first-order valence-corrected chi connectivity index (χ1v) is 16.3. The van der Waals surface area contributed by atoms with E-state index in [-0.39, 0.29) is 0 Å². The Bertz CT molecular complexity index is 2960. The molecule has 0 N–H and O–H groups in total. The van der Waals surface area contributed by atoms with Gasteiger partial charge in [0.1, 0.15) is 0 Å². The molecule has 0 saturated heterocycles. The highest BCUT2D eigenvalue weighted by Gasteiger charge is 2.19. The molecule has 5 nitrogen and oxygen atoms in total. The fourth-order valence-electron chi connectivity index (χ4n) is 7.39. The van der Waals surface area contributed by atoms with Crippen LogP contribution in [0.4, 0.5) is 5.69 Å². The molecule has 0 saturated carbocycles. The van der Waals surface area contributed by atoms with Crippen LogP contribution in [0, 0.1) is 29.2 Å². The number of nitrogens with zero attached hydrogens (tertiary/aromatic N) is 5. The maximum absolute atomic E-state index is 10.4. The van der Waals surface area contributed by atoms with Crippen molar-refractivity contribution in [2.75, 3.05) is 0 Å². The van der Waals surface area contributed by atoms with Crippen LogP contribution in [0.5, 0.6) is 0 Å². The summed E-state index contributed by atoms with van der Waals surface area (Å²) >= 11 is 0. The van der Waals surface area contributed by atoms with E-state index in [2.05, 4.69) is 98.9 Å². The largest absolute Gasteiger partial charge is 0.310 e. The molecule has 0 amide bonds. The molecule has 0 unspecified atom stereocenters. The zero-order valence-corrected chi connectivity index (χ0v) is 26.7. The van der Waals surface area contributed by atoms with Gasteiger partial charge in [-0.1, -0.05) is 84.9 Å². The van der Waals surface area contributed by atoms with E-state index in [9.17, 15) is 10.5 Å². The number of hydrogen-bond acceptors (Lipinski definition) is 2. The lowest BCUT2D eigenvalue weighted by atomic mass is 9.94. The Morgan fingerprint density at radius 1 is 0.480 bits per heavy atom. The molecule has 0 aliphatic heterocycles. The van der Waals surface area contributed by atoms with E-state index in [0.29, 0.717) is 16.8 Å². The average molecular weight is 636 g/mol. The Hall–Kier alpha value is -7.39. The lowest BCUT2D eigenvalue weighted by Gasteiger charge is -2.16. The fraction of sp³-hybridized carbons (Fsp3) is 0. The van der Waals surface area contributed by atoms with E-state index in [1.165, 1.54) is 0 Å². The van der Waals surface area contributed by atoms with Crippen LogP contribution in [-0.4, -0.2) is 9.13 Å². The minimum atomic E-state index is 0.567. The lowest BCUT2D eigenvalue weighted by Crippen LogP contribution is -1.99. The zero-order chi connectivity index (χ0) is 33.8. The number of fused-ring (bicyclic) bond motifs is 6. The smallest absolute Gasteiger partial charge is 0.189 e. The Kier molecular flexibility index (Phi) is 6.56. The molecular formula is C45H25N5. The molecule has 0 aliphatic rings. The summed E-state index contributed by atoms with van der Waals surface area (Å²) < 4.78 is 4.43. The first-order chi connectivity index (χ1) is 24.7. The van der Waals surface area contributed by atoms with Crippen molar-refractivity contribution in [3.8, 4) is 45.8 Å². The monoisotopic (exact) mass is 635 g/mol. The molecular weight excluding hydrogens is 611 g/mol. The van der Waals surface area contributed by atoms with Crippen LogP contribution >= 0.6 is 0 Å². The van der Waals surface area contributed by atoms with Gasteiger partial charge in [0.05, 0.1) is 52.1 Å². The van der Waals surface area contributed by atoms with Gasteiger partial charge in [0.2, 0.25) is 0 Å². The summed E-state index contributed by atoms with van der Waals surface area (Å²) in [6.07, 6.45) is 0. The lowest BCUT2D eigenvalue weighted by molar-refractivity contribution is 1.18. The third-order valence-electron chi connectivity index (χ3n) is 9.60. The maximum Gasteiger partial charge on any atom is 0.189 e. The predicted molar refractivity (Wildman–Crippen MR) is 202 cm³/mol. The van der Waals surface area contributed by atoms with Crippen molar-refractivity contribution in [2.45, 2.75) is 0 Å². The van der Waals surface area contributed by atoms with Crippen molar-refractivity contribution in [1.29, 1.82) is 10.5 Å². The maximum atomic E-state index is 10.4. The summed E-state index contributed by atoms with van der Waals surface area (Å²) in [7, 11) is 0. The Morgan fingerprint density at radius 2 is 1.16 bits per heavy atom. The van der Waals surface area contributed by atoms with Crippen LogP contribution in [0.3, 0.4) is 0 Å². The predicted octanol–water partition coefficient (Wildman–Crippen LogP) is 11.5. The quantitative estimate of drug-likeness (QED) is 0.181. The number of rotatable bonds is 4. The first-order valence-electron chi connectivity index (χ1n) is 16.3. The summed E-state index contributed by atoms with van der Waals surface area (Å²) in [5, 5.41) is 24.2. The van der Waals surface area contributed by atoms with Gasteiger partial charge in [-0.2, -0.15) is 10.5 Å². The van der Waals surface area contributed by atoms with Crippen LogP contribution < -0.4 is 0 Å². The summed E-state index contributed by atoms with van der Waals surface area (Å²) in [5.41, 5.74) is 11.6. The summed E-state index contributed by atoms with van der Waals surface area (Å²) in [4.78, 5) is 3.72. The number of hydrogen-bond donors (Lipinski definition) is 0. The number of benzene rings is 7. The van der Waals surface area contributed by atoms with Crippen LogP contribution in [0.1, 0.15) is 11.1 Å². The Labute approximate surface area is 288 Å². The van der Waals surface area contributed by atoms with Gasteiger partial charge >= 0.3 is 0 Å². The second kappa shape index (κ2) is 11.4. The average Bonchev–Trinajstić information content (AvgIpc) is 3.69. The molecule has 5 heteroatoms. The minimum absolute atomic E-state index is 0.567. The van der Waals surface area contributed by atoms with E-state index in [1.54, 1.807) is 0 Å². The molecule has 2 aromatic heterocycles. The normalized spacial score (nSPS) is 11.1. The highest BCUT2D eigenvalue weighted by Crippen LogP contribution is 2.40. The molecule has 0 atom stereocenters. The second-order valence-electron chi connectivity index (χ2n) is 12.3. The first kappa shape index (κ1) is 28.8. The zero-order valence-electron chi connectivity index (χ0n) is 26.7. The summed E-state index contributed by atoms with van der Waals surface area (Å²) in [5.74, 6) is 0. The van der Waals surface area contributed by atoms with Gasteiger partial charge in [-0.05, 0) is 83.4 Å². The van der Waals surface area contributed by atoms with Gasteiger partial charge < -0.3 is 9.13 Å². The second-order valence-corrected chi connectivity index (χ2v) is 12.3. The van der Waals surface area contributed by atoms with Gasteiger partial charge in [-0.3, -0.25) is 0 Å². The molecule has 50 heavy (non-hydrogen) atoms. The number of nitriles is 2. The molecule has 0 aliphatic carbocycles. The van der Waals surface area contributed by atoms with Crippen molar-refractivity contribution >= 4 is 49.3 Å². The van der Waals surface area contributed by atoms with E-state index in [1.807, 2.05) is 78.9 Å². The molecule has 2 heterocycles. The molecule has 0 bridgehead atoms. The van der Waals surface area contributed by atoms with Gasteiger partial charge in [-0.15, -0.1) is 0 Å². The summed E-state index contributed by atoms with van der Waals surface area (Å²) in [6.45, 7) is 7.68. The van der Waals surface area contributed by atoms with Crippen LogP contribution in [0.25, 0.3) is 82.1 Å². The minimum Gasteiger partial charge on any atom is -0.310 e. The molecule has 0 spiro atoms. The third kappa shape index (κ3) is 4.38. The topological polar surface area (TPSA) is 61.8 Å². The van der Waals surface area contributed by atoms with Crippen molar-refractivity contribution in [3.05, 3.63) is 174 Å². The summed E-state index contributed by atoms with van der Waals surface area (Å²) in [6, 6.07) is 55.6. The number of aromatic nitrogens is 2. The third-order valence-corrected chi connectivity index (χ3v) is 9.60.